The Balaban J connectivity index is 1.58. The van der Waals surface area contributed by atoms with Crippen LogP contribution in [-0.4, -0.2) is 26.4 Å². The highest BCUT2D eigenvalue weighted by atomic mass is 16.2. The number of hydrazone groups is 1. The van der Waals surface area contributed by atoms with Crippen LogP contribution in [0.2, 0.25) is 0 Å². The zero-order valence-electron chi connectivity index (χ0n) is 18.8. The number of carbonyl (C=O) groups excluding carboxylic acids is 1. The monoisotopic (exact) mass is 434 g/mol. The van der Waals surface area contributed by atoms with Crippen LogP contribution in [0.1, 0.15) is 43.0 Å². The average molecular weight is 435 g/mol. The van der Waals surface area contributed by atoms with Gasteiger partial charge in [0.1, 0.15) is 0 Å². The molecule has 33 heavy (non-hydrogen) atoms. The number of carbonyl (C=O) groups is 1. The van der Waals surface area contributed by atoms with E-state index < -0.39 is 0 Å². The molecule has 5 nitrogen and oxygen atoms in total. The zero-order chi connectivity index (χ0) is 22.8. The number of benzene rings is 3. The van der Waals surface area contributed by atoms with Crippen molar-refractivity contribution >= 4 is 11.6 Å². The van der Waals surface area contributed by atoms with E-state index in [1.54, 1.807) is 11.9 Å². The number of para-hydroxylation sites is 1. The van der Waals surface area contributed by atoms with Gasteiger partial charge in [0, 0.05) is 30.7 Å². The molecule has 2 heterocycles. The van der Waals surface area contributed by atoms with Crippen molar-refractivity contribution in [1.29, 1.82) is 0 Å². The van der Waals surface area contributed by atoms with Crippen molar-refractivity contribution in [1.82, 2.24) is 14.8 Å². The summed E-state index contributed by atoms with van der Waals surface area (Å²) in [6.07, 6.45) is 3.68. The Hall–Kier alpha value is -3.99. The van der Waals surface area contributed by atoms with E-state index >= 15 is 0 Å². The number of aromatic nitrogens is 2. The lowest BCUT2D eigenvalue weighted by molar-refractivity contribution is -0.130. The minimum absolute atomic E-state index is 0.0772. The van der Waals surface area contributed by atoms with Crippen LogP contribution in [0.25, 0.3) is 16.9 Å². The molecule has 5 rings (SSSR count). The van der Waals surface area contributed by atoms with Gasteiger partial charge in [0.25, 0.3) is 0 Å². The van der Waals surface area contributed by atoms with Crippen LogP contribution in [0.15, 0.2) is 96.2 Å². The summed E-state index contributed by atoms with van der Waals surface area (Å²) < 4.78 is 1.89. The molecule has 5 heteroatoms. The first kappa shape index (κ1) is 20.9. The van der Waals surface area contributed by atoms with Crippen LogP contribution in [0.4, 0.5) is 0 Å². The lowest BCUT2D eigenvalue weighted by atomic mass is 9.96. The van der Waals surface area contributed by atoms with Gasteiger partial charge in [0.15, 0.2) is 0 Å². The fraction of sp³-hybridized carbons (Fsp3) is 0.179. The Labute approximate surface area is 194 Å². The van der Waals surface area contributed by atoms with Crippen LogP contribution in [0.3, 0.4) is 0 Å². The standard InChI is InChI=1S/C28H26N4O/c1-3-21-14-16-22(17-15-21)26-18-27(32(29-26)20(2)33)25-19-31(24-12-8-5-9-13-24)30-28(25)23-10-6-4-7-11-23/h4-17,19,27H,3,18H2,1-2H3/t27-/m0/s1. The first-order chi connectivity index (χ1) is 16.1. The smallest absolute Gasteiger partial charge is 0.240 e. The van der Waals surface area contributed by atoms with Crippen molar-refractivity contribution in [3.63, 3.8) is 0 Å². The van der Waals surface area contributed by atoms with Gasteiger partial charge in [-0.2, -0.15) is 10.2 Å². The van der Waals surface area contributed by atoms with E-state index in [4.69, 9.17) is 10.2 Å². The highest BCUT2D eigenvalue weighted by molar-refractivity contribution is 6.03. The van der Waals surface area contributed by atoms with Crippen LogP contribution in [0, 0.1) is 0 Å². The fourth-order valence-electron chi connectivity index (χ4n) is 4.31. The van der Waals surface area contributed by atoms with E-state index in [9.17, 15) is 4.79 Å². The maximum absolute atomic E-state index is 12.6. The number of hydrogen-bond acceptors (Lipinski definition) is 3. The first-order valence-corrected chi connectivity index (χ1v) is 11.3. The van der Waals surface area contributed by atoms with Gasteiger partial charge in [-0.05, 0) is 29.7 Å². The number of hydrogen-bond donors (Lipinski definition) is 0. The Kier molecular flexibility index (Phi) is 5.61. The van der Waals surface area contributed by atoms with Gasteiger partial charge >= 0.3 is 0 Å². The zero-order valence-corrected chi connectivity index (χ0v) is 18.8. The molecule has 1 aliphatic heterocycles. The molecule has 164 valence electrons. The van der Waals surface area contributed by atoms with E-state index in [0.717, 1.165) is 40.2 Å². The molecule has 1 aliphatic rings. The largest absolute Gasteiger partial charge is 0.273 e. The van der Waals surface area contributed by atoms with Crippen molar-refractivity contribution in [3.05, 3.63) is 108 Å². The normalized spacial score (nSPS) is 15.5. The summed E-state index contributed by atoms with van der Waals surface area (Å²) >= 11 is 0. The highest BCUT2D eigenvalue weighted by Gasteiger charge is 2.34. The second kappa shape index (κ2) is 8.87. The van der Waals surface area contributed by atoms with Gasteiger partial charge in [0.05, 0.1) is 23.1 Å². The molecule has 1 amide bonds. The van der Waals surface area contributed by atoms with Crippen LogP contribution >= 0.6 is 0 Å². The SMILES string of the molecule is CCc1ccc(C2=NN(C(C)=O)[C@H](c3cn(-c4ccccc4)nc3-c3ccccc3)C2)cc1. The third-order valence-electron chi connectivity index (χ3n) is 6.10. The Bertz CT molecular complexity index is 1290. The van der Waals surface area contributed by atoms with Crippen molar-refractivity contribution in [3.8, 4) is 16.9 Å². The van der Waals surface area contributed by atoms with E-state index in [1.165, 1.54) is 5.56 Å². The van der Waals surface area contributed by atoms with Gasteiger partial charge in [-0.25, -0.2) is 9.69 Å². The van der Waals surface area contributed by atoms with Crippen molar-refractivity contribution in [2.75, 3.05) is 0 Å². The van der Waals surface area contributed by atoms with Crippen molar-refractivity contribution < 1.29 is 4.79 Å². The van der Waals surface area contributed by atoms with Gasteiger partial charge in [-0.1, -0.05) is 79.7 Å². The molecule has 4 aromatic rings. The maximum atomic E-state index is 12.6. The molecule has 0 bridgehead atoms. The minimum atomic E-state index is -0.212. The third kappa shape index (κ3) is 4.10. The Morgan fingerprint density at radius 2 is 1.58 bits per heavy atom. The Morgan fingerprint density at radius 3 is 2.21 bits per heavy atom. The van der Waals surface area contributed by atoms with Crippen LogP contribution < -0.4 is 0 Å². The van der Waals surface area contributed by atoms with Crippen LogP contribution in [-0.2, 0) is 11.2 Å². The summed E-state index contributed by atoms with van der Waals surface area (Å²) in [5, 5.41) is 11.3. The van der Waals surface area contributed by atoms with E-state index in [-0.39, 0.29) is 11.9 Å². The van der Waals surface area contributed by atoms with Gasteiger partial charge in [-0.15, -0.1) is 0 Å². The third-order valence-corrected chi connectivity index (χ3v) is 6.10. The number of rotatable bonds is 5. The minimum Gasteiger partial charge on any atom is -0.273 e. The summed E-state index contributed by atoms with van der Waals surface area (Å²) in [5.74, 6) is -0.0772. The topological polar surface area (TPSA) is 50.5 Å². The predicted molar refractivity (Wildman–Crippen MR) is 131 cm³/mol. The first-order valence-electron chi connectivity index (χ1n) is 11.3. The molecule has 0 radical (unpaired) electrons. The van der Waals surface area contributed by atoms with Gasteiger partial charge in [-0.3, -0.25) is 4.79 Å². The molecule has 3 aromatic carbocycles. The lowest BCUT2D eigenvalue weighted by Gasteiger charge is -2.20. The molecule has 0 spiro atoms. The molecular formula is C28H26N4O. The molecule has 0 saturated heterocycles. The summed E-state index contributed by atoms with van der Waals surface area (Å²) in [7, 11) is 0. The van der Waals surface area contributed by atoms with Crippen molar-refractivity contribution in [2.45, 2.75) is 32.7 Å². The molecule has 0 unspecified atom stereocenters. The van der Waals surface area contributed by atoms with Crippen molar-refractivity contribution in [2.24, 2.45) is 5.10 Å². The number of amides is 1. The van der Waals surface area contributed by atoms with Gasteiger partial charge in [0.2, 0.25) is 5.91 Å². The fourth-order valence-corrected chi connectivity index (χ4v) is 4.31. The molecule has 0 saturated carbocycles. The molecule has 1 atom stereocenters. The molecule has 0 N–H and O–H groups in total. The maximum Gasteiger partial charge on any atom is 0.240 e. The second-order valence-corrected chi connectivity index (χ2v) is 8.26. The second-order valence-electron chi connectivity index (χ2n) is 8.26. The molecule has 0 aliphatic carbocycles. The summed E-state index contributed by atoms with van der Waals surface area (Å²) in [5.41, 5.74) is 7.11. The lowest BCUT2D eigenvalue weighted by Crippen LogP contribution is -2.24. The highest BCUT2D eigenvalue weighted by Crippen LogP contribution is 2.38. The van der Waals surface area contributed by atoms with Crippen LogP contribution in [0.5, 0.6) is 0 Å². The van der Waals surface area contributed by atoms with E-state index in [2.05, 4.69) is 43.3 Å². The summed E-state index contributed by atoms with van der Waals surface area (Å²) in [4.78, 5) is 12.6. The molecule has 0 fully saturated rings. The Morgan fingerprint density at radius 1 is 0.909 bits per heavy atom. The molecular weight excluding hydrogens is 408 g/mol. The number of nitrogens with zero attached hydrogens (tertiary/aromatic N) is 4. The average Bonchev–Trinajstić information content (AvgIpc) is 3.50. The van der Waals surface area contributed by atoms with E-state index in [1.807, 2.05) is 59.4 Å². The quantitative estimate of drug-likeness (QED) is 0.399. The molecule has 1 aromatic heterocycles. The predicted octanol–water partition coefficient (Wildman–Crippen LogP) is 5.80. The van der Waals surface area contributed by atoms with Gasteiger partial charge < -0.3 is 0 Å². The summed E-state index contributed by atoms with van der Waals surface area (Å²) in [6, 6.07) is 28.4. The summed E-state index contributed by atoms with van der Waals surface area (Å²) in [6.45, 7) is 3.72. The number of aryl methyl sites for hydroxylation is 1. The van der Waals surface area contributed by atoms with E-state index in [0.29, 0.717) is 6.42 Å².